The lowest BCUT2D eigenvalue weighted by Crippen LogP contribution is -2.52. The first-order valence-electron chi connectivity index (χ1n) is 9.14. The molecule has 1 aliphatic heterocycles. The molecule has 1 atom stereocenters. The van der Waals surface area contributed by atoms with E-state index in [0.717, 1.165) is 45.2 Å². The summed E-state index contributed by atoms with van der Waals surface area (Å²) in [6.07, 6.45) is 1.07. The largest absolute Gasteiger partial charge is 0.387 e. The van der Waals surface area contributed by atoms with Crippen LogP contribution in [0.1, 0.15) is 30.5 Å². The fraction of sp³-hybridized carbons (Fsp3) is 0.722. The minimum atomic E-state index is -0.814. The monoisotopic (exact) mass is 496 g/mol. The summed E-state index contributed by atoms with van der Waals surface area (Å²) in [6, 6.07) is 4.31. The number of morpholine rings is 1. The van der Waals surface area contributed by atoms with E-state index in [2.05, 4.69) is 39.6 Å². The highest BCUT2D eigenvalue weighted by molar-refractivity contribution is 14.0. The van der Waals surface area contributed by atoms with Crippen molar-refractivity contribution in [2.75, 3.05) is 45.9 Å². The Morgan fingerprint density at radius 2 is 1.96 bits per heavy atom. The van der Waals surface area contributed by atoms with Crippen LogP contribution in [0.25, 0.3) is 0 Å². The van der Waals surface area contributed by atoms with E-state index >= 15 is 0 Å². The predicted molar refractivity (Wildman–Crippen MR) is 120 cm³/mol. The molecule has 8 heteroatoms. The highest BCUT2D eigenvalue weighted by Gasteiger charge is 2.25. The van der Waals surface area contributed by atoms with Crippen molar-refractivity contribution in [3.8, 4) is 0 Å². The predicted octanol–water partition coefficient (Wildman–Crippen LogP) is 2.07. The van der Waals surface area contributed by atoms with Crippen molar-refractivity contribution in [1.29, 1.82) is 0 Å². The van der Waals surface area contributed by atoms with E-state index in [4.69, 9.17) is 4.74 Å². The Labute approximate surface area is 178 Å². The molecule has 3 N–H and O–H groups in total. The van der Waals surface area contributed by atoms with Gasteiger partial charge >= 0.3 is 0 Å². The summed E-state index contributed by atoms with van der Waals surface area (Å²) in [4.78, 5) is 9.53. The molecular weight excluding hydrogens is 463 g/mol. The molecule has 1 aliphatic rings. The van der Waals surface area contributed by atoms with Crippen molar-refractivity contribution in [2.24, 2.45) is 4.99 Å². The molecule has 0 saturated carbocycles. The minimum Gasteiger partial charge on any atom is -0.387 e. The third-order valence-electron chi connectivity index (χ3n) is 4.11. The fourth-order valence-electron chi connectivity index (χ4n) is 2.77. The van der Waals surface area contributed by atoms with Gasteiger partial charge in [0.05, 0.1) is 25.4 Å². The average Bonchev–Trinajstić information content (AvgIpc) is 3.06. The number of aliphatic imine (C=N–C) groups is 1. The fourth-order valence-corrected chi connectivity index (χ4v) is 3.65. The van der Waals surface area contributed by atoms with Crippen LogP contribution in [0.2, 0.25) is 0 Å². The number of β-amino-alcohol motifs (C(OH)–C–C–N with tert-alkyl or cyclic N) is 1. The highest BCUT2D eigenvalue weighted by Crippen LogP contribution is 2.17. The molecule has 1 aromatic rings. The first kappa shape index (κ1) is 23.6. The SMILES string of the molecule is CCNC(=NCc1ccc(CC)s1)NCC(C)(O)CN1CCOCC1.I. The van der Waals surface area contributed by atoms with E-state index in [-0.39, 0.29) is 24.0 Å². The first-order chi connectivity index (χ1) is 12.0. The van der Waals surface area contributed by atoms with Gasteiger partial charge in [0.15, 0.2) is 5.96 Å². The molecule has 2 heterocycles. The molecule has 1 unspecified atom stereocenters. The number of nitrogens with zero attached hydrogens (tertiary/aromatic N) is 2. The maximum Gasteiger partial charge on any atom is 0.191 e. The van der Waals surface area contributed by atoms with Crippen molar-refractivity contribution >= 4 is 41.3 Å². The molecule has 150 valence electrons. The van der Waals surface area contributed by atoms with Gasteiger partial charge in [-0.3, -0.25) is 4.90 Å². The van der Waals surface area contributed by atoms with Gasteiger partial charge in [0.25, 0.3) is 0 Å². The van der Waals surface area contributed by atoms with Gasteiger partial charge in [0.1, 0.15) is 0 Å². The zero-order chi connectivity index (χ0) is 18.1. The third kappa shape index (κ3) is 8.51. The summed E-state index contributed by atoms with van der Waals surface area (Å²) >= 11 is 1.81. The van der Waals surface area contributed by atoms with Crippen LogP contribution in [-0.2, 0) is 17.7 Å². The van der Waals surface area contributed by atoms with Crippen molar-refractivity contribution in [1.82, 2.24) is 15.5 Å². The summed E-state index contributed by atoms with van der Waals surface area (Å²) in [6.45, 7) is 11.9. The van der Waals surface area contributed by atoms with Crippen molar-refractivity contribution in [3.63, 3.8) is 0 Å². The van der Waals surface area contributed by atoms with Crippen molar-refractivity contribution in [2.45, 2.75) is 39.3 Å². The molecule has 26 heavy (non-hydrogen) atoms. The van der Waals surface area contributed by atoms with Gasteiger partial charge in [0.2, 0.25) is 0 Å². The van der Waals surface area contributed by atoms with Crippen LogP contribution in [0.5, 0.6) is 0 Å². The number of aryl methyl sites for hydroxylation is 1. The summed E-state index contributed by atoms with van der Waals surface area (Å²) < 4.78 is 5.36. The number of ether oxygens (including phenoxy) is 1. The Morgan fingerprint density at radius 1 is 1.27 bits per heavy atom. The van der Waals surface area contributed by atoms with Crippen LogP contribution in [0, 0.1) is 0 Å². The number of hydrogen-bond acceptors (Lipinski definition) is 5. The highest BCUT2D eigenvalue weighted by atomic mass is 127. The summed E-state index contributed by atoms with van der Waals surface area (Å²) in [7, 11) is 0. The Morgan fingerprint density at radius 3 is 2.58 bits per heavy atom. The van der Waals surface area contributed by atoms with Gasteiger partial charge in [-0.1, -0.05) is 6.92 Å². The first-order valence-corrected chi connectivity index (χ1v) is 9.96. The van der Waals surface area contributed by atoms with Gasteiger partial charge < -0.3 is 20.5 Å². The topological polar surface area (TPSA) is 69.1 Å². The van der Waals surface area contributed by atoms with E-state index in [1.807, 2.05) is 25.2 Å². The van der Waals surface area contributed by atoms with Crippen LogP contribution in [0.4, 0.5) is 0 Å². The Kier molecular flexibility index (Phi) is 11.0. The van der Waals surface area contributed by atoms with Crippen LogP contribution in [0.15, 0.2) is 17.1 Å². The minimum absolute atomic E-state index is 0. The van der Waals surface area contributed by atoms with Gasteiger partial charge in [-0.2, -0.15) is 0 Å². The molecule has 0 aromatic carbocycles. The molecule has 6 nitrogen and oxygen atoms in total. The maximum atomic E-state index is 10.7. The average molecular weight is 496 g/mol. The molecular formula is C18H33IN4O2S. The standard InChI is InChI=1S/C18H32N4O2S.HI/c1-4-15-6-7-16(25-15)12-20-17(19-5-2)21-13-18(3,23)14-22-8-10-24-11-9-22;/h6-7,23H,4-5,8-14H2,1-3H3,(H2,19,20,21);1H. The Balaban J connectivity index is 0.00000338. The third-order valence-corrected chi connectivity index (χ3v) is 5.32. The zero-order valence-corrected chi connectivity index (χ0v) is 19.2. The molecule has 0 bridgehead atoms. The molecule has 0 amide bonds. The van der Waals surface area contributed by atoms with Gasteiger partial charge in [-0.15, -0.1) is 35.3 Å². The van der Waals surface area contributed by atoms with E-state index < -0.39 is 5.60 Å². The molecule has 0 spiro atoms. The molecule has 0 radical (unpaired) electrons. The molecule has 0 aliphatic carbocycles. The Hall–Kier alpha value is -0.420. The quantitative estimate of drug-likeness (QED) is 0.292. The van der Waals surface area contributed by atoms with E-state index in [1.165, 1.54) is 9.75 Å². The van der Waals surface area contributed by atoms with Crippen LogP contribution in [-0.4, -0.2) is 67.5 Å². The number of thiophene rings is 1. The van der Waals surface area contributed by atoms with Crippen molar-refractivity contribution < 1.29 is 9.84 Å². The number of rotatable bonds is 8. The van der Waals surface area contributed by atoms with Crippen LogP contribution < -0.4 is 10.6 Å². The molecule has 1 saturated heterocycles. The maximum absolute atomic E-state index is 10.7. The number of hydrogen-bond donors (Lipinski definition) is 3. The Bertz CT molecular complexity index is 545. The van der Waals surface area contributed by atoms with Crippen molar-refractivity contribution in [3.05, 3.63) is 21.9 Å². The zero-order valence-electron chi connectivity index (χ0n) is 16.1. The molecule has 1 fully saturated rings. The van der Waals surface area contributed by atoms with Crippen LogP contribution >= 0.6 is 35.3 Å². The number of nitrogens with one attached hydrogen (secondary N) is 2. The second-order valence-corrected chi connectivity index (χ2v) is 7.91. The summed E-state index contributed by atoms with van der Waals surface area (Å²) in [5.74, 6) is 0.746. The smallest absolute Gasteiger partial charge is 0.191 e. The van der Waals surface area contributed by atoms with Gasteiger partial charge in [-0.05, 0) is 32.4 Å². The lowest BCUT2D eigenvalue weighted by Gasteiger charge is -2.34. The second-order valence-electron chi connectivity index (χ2n) is 6.66. The van der Waals surface area contributed by atoms with Gasteiger partial charge in [-0.25, -0.2) is 4.99 Å². The number of aliphatic hydroxyl groups is 1. The molecule has 1 aromatic heterocycles. The molecule has 2 rings (SSSR count). The van der Waals surface area contributed by atoms with E-state index in [0.29, 0.717) is 19.6 Å². The normalized spacial score (nSPS) is 18.1. The van der Waals surface area contributed by atoms with E-state index in [9.17, 15) is 5.11 Å². The van der Waals surface area contributed by atoms with Gasteiger partial charge in [0, 0.05) is 42.5 Å². The summed E-state index contributed by atoms with van der Waals surface area (Å²) in [5, 5.41) is 17.2. The lowest BCUT2D eigenvalue weighted by atomic mass is 10.1. The number of halogens is 1. The van der Waals surface area contributed by atoms with Crippen LogP contribution in [0.3, 0.4) is 0 Å². The number of guanidine groups is 1. The summed E-state index contributed by atoms with van der Waals surface area (Å²) in [5.41, 5.74) is -0.814. The van der Waals surface area contributed by atoms with E-state index in [1.54, 1.807) is 0 Å². The second kappa shape index (κ2) is 12.1. The lowest BCUT2D eigenvalue weighted by molar-refractivity contribution is -0.0201.